The van der Waals surface area contributed by atoms with E-state index in [9.17, 15) is 14.4 Å². The summed E-state index contributed by atoms with van der Waals surface area (Å²) < 4.78 is 10.0. The molecule has 7 heteroatoms. The van der Waals surface area contributed by atoms with Gasteiger partial charge in [-0.2, -0.15) is 0 Å². The van der Waals surface area contributed by atoms with E-state index >= 15 is 0 Å². The largest absolute Gasteiger partial charge is 0.466 e. The fraction of sp³-hybridized carbons (Fsp3) is 0.353. The lowest BCUT2D eigenvalue weighted by atomic mass is 9.94. The van der Waals surface area contributed by atoms with E-state index in [1.165, 1.54) is 0 Å². The molecule has 0 aliphatic carbocycles. The summed E-state index contributed by atoms with van der Waals surface area (Å²) in [4.78, 5) is 36.2. The van der Waals surface area contributed by atoms with E-state index < -0.39 is 24.0 Å². The number of amides is 2. The molecule has 0 unspecified atom stereocenters. The van der Waals surface area contributed by atoms with Crippen molar-refractivity contribution in [3.05, 3.63) is 47.2 Å². The molecule has 0 fully saturated rings. The summed E-state index contributed by atoms with van der Waals surface area (Å²) in [5.41, 5.74) is 1.12. The molecule has 2 amide bonds. The van der Waals surface area contributed by atoms with Crippen molar-refractivity contribution in [1.29, 1.82) is 0 Å². The average molecular weight is 332 g/mol. The second-order valence-corrected chi connectivity index (χ2v) is 5.04. The van der Waals surface area contributed by atoms with Crippen LogP contribution in [0, 0.1) is 0 Å². The van der Waals surface area contributed by atoms with Crippen LogP contribution in [0.2, 0.25) is 0 Å². The van der Waals surface area contributed by atoms with Gasteiger partial charge in [0.1, 0.15) is 0 Å². The quantitative estimate of drug-likeness (QED) is 0.775. The summed E-state index contributed by atoms with van der Waals surface area (Å²) in [5.74, 6) is -1.11. The Bertz CT molecular complexity index is 654. The summed E-state index contributed by atoms with van der Waals surface area (Å²) in [6, 6.07) is 7.84. The zero-order valence-corrected chi connectivity index (χ0v) is 13.6. The van der Waals surface area contributed by atoms with Crippen LogP contribution < -0.4 is 10.6 Å². The number of hydrogen-bond donors (Lipinski definition) is 2. The molecule has 0 saturated heterocycles. The highest BCUT2D eigenvalue weighted by atomic mass is 16.5. The summed E-state index contributed by atoms with van der Waals surface area (Å²) in [7, 11) is 0. The first kappa shape index (κ1) is 17.5. The molecular formula is C17H20N2O5. The topological polar surface area (TPSA) is 93.7 Å². The van der Waals surface area contributed by atoms with E-state index in [1.807, 2.05) is 6.07 Å². The fourth-order valence-corrected chi connectivity index (χ4v) is 2.46. The average Bonchev–Trinajstić information content (AvgIpc) is 2.55. The second-order valence-electron chi connectivity index (χ2n) is 5.04. The molecule has 0 bridgehead atoms. The molecule has 2 N–H and O–H groups in total. The molecule has 0 spiro atoms. The molecule has 7 nitrogen and oxygen atoms in total. The van der Waals surface area contributed by atoms with E-state index in [1.54, 1.807) is 38.1 Å². The third-order valence-corrected chi connectivity index (χ3v) is 3.41. The number of carbonyl (C=O) groups is 3. The van der Waals surface area contributed by atoms with E-state index in [4.69, 9.17) is 9.47 Å². The Balaban J connectivity index is 2.45. The van der Waals surface area contributed by atoms with Crippen molar-refractivity contribution in [2.75, 3.05) is 13.2 Å². The number of hydrogen-bond acceptors (Lipinski definition) is 5. The zero-order chi connectivity index (χ0) is 17.5. The number of benzene rings is 1. The Morgan fingerprint density at radius 2 is 1.75 bits per heavy atom. The van der Waals surface area contributed by atoms with Gasteiger partial charge in [0.2, 0.25) is 0 Å². The van der Waals surface area contributed by atoms with Gasteiger partial charge < -0.3 is 20.1 Å². The van der Waals surface area contributed by atoms with Gasteiger partial charge in [-0.25, -0.2) is 9.59 Å². The lowest BCUT2D eigenvalue weighted by molar-refractivity contribution is -0.142. The van der Waals surface area contributed by atoms with E-state index in [0.29, 0.717) is 0 Å². The molecule has 24 heavy (non-hydrogen) atoms. The molecule has 128 valence electrons. The van der Waals surface area contributed by atoms with E-state index in [2.05, 4.69) is 10.6 Å². The number of urea groups is 1. The van der Waals surface area contributed by atoms with Crippen LogP contribution >= 0.6 is 0 Å². The normalized spacial score (nSPS) is 16.9. The smallest absolute Gasteiger partial charge is 0.338 e. The summed E-state index contributed by atoms with van der Waals surface area (Å²) in [5, 5.41) is 5.22. The van der Waals surface area contributed by atoms with Gasteiger partial charge in [-0.1, -0.05) is 30.3 Å². The highest BCUT2D eigenvalue weighted by molar-refractivity contribution is 5.96. The monoisotopic (exact) mass is 332 g/mol. The summed E-state index contributed by atoms with van der Waals surface area (Å²) >= 11 is 0. The number of nitrogens with one attached hydrogen (secondary N) is 2. The maximum Gasteiger partial charge on any atom is 0.338 e. The molecule has 0 radical (unpaired) electrons. The summed E-state index contributed by atoms with van der Waals surface area (Å²) in [6.45, 7) is 3.78. The Hall–Kier alpha value is -2.83. The van der Waals surface area contributed by atoms with Crippen molar-refractivity contribution in [2.24, 2.45) is 0 Å². The first-order chi connectivity index (χ1) is 11.6. The summed E-state index contributed by atoms with van der Waals surface area (Å²) in [6.07, 6.45) is -0.210. The fourth-order valence-electron chi connectivity index (χ4n) is 2.46. The van der Waals surface area contributed by atoms with Crippen molar-refractivity contribution in [3.63, 3.8) is 0 Å². The first-order valence-corrected chi connectivity index (χ1v) is 7.75. The van der Waals surface area contributed by atoms with Crippen LogP contribution in [-0.2, 0) is 19.1 Å². The van der Waals surface area contributed by atoms with Crippen molar-refractivity contribution in [2.45, 2.75) is 26.3 Å². The highest BCUT2D eigenvalue weighted by Gasteiger charge is 2.34. The zero-order valence-electron chi connectivity index (χ0n) is 13.6. The minimum atomic E-state index is -0.691. The SMILES string of the molecule is CCOC(=O)CC1=C(C(=O)OCC)[C@H](c2ccccc2)NC(=O)N1. The molecule has 2 rings (SSSR count). The third kappa shape index (κ3) is 4.13. The molecule has 1 aromatic rings. The molecule has 0 aromatic heterocycles. The molecule has 1 aliphatic rings. The van der Waals surface area contributed by atoms with Crippen LogP contribution in [0.15, 0.2) is 41.6 Å². The molecule has 1 heterocycles. The van der Waals surface area contributed by atoms with Crippen LogP contribution in [0.5, 0.6) is 0 Å². The third-order valence-electron chi connectivity index (χ3n) is 3.41. The van der Waals surface area contributed by atoms with Crippen molar-refractivity contribution in [1.82, 2.24) is 10.6 Å². The maximum absolute atomic E-state index is 12.4. The second kappa shape index (κ2) is 8.14. The Morgan fingerprint density at radius 1 is 1.08 bits per heavy atom. The lowest BCUT2D eigenvalue weighted by Gasteiger charge is -2.29. The minimum absolute atomic E-state index is 0.185. The van der Waals surface area contributed by atoms with Crippen LogP contribution in [0.25, 0.3) is 0 Å². The van der Waals surface area contributed by atoms with Gasteiger partial charge >= 0.3 is 18.0 Å². The van der Waals surface area contributed by atoms with Gasteiger partial charge in [-0.3, -0.25) is 4.79 Å². The van der Waals surface area contributed by atoms with Gasteiger partial charge in [-0.15, -0.1) is 0 Å². The maximum atomic E-state index is 12.4. The number of esters is 2. The van der Waals surface area contributed by atoms with Crippen LogP contribution in [-0.4, -0.2) is 31.2 Å². The van der Waals surface area contributed by atoms with Gasteiger partial charge in [0, 0.05) is 5.70 Å². The molecule has 0 saturated carbocycles. The Labute approximate surface area is 140 Å². The van der Waals surface area contributed by atoms with Gasteiger partial charge in [0.15, 0.2) is 0 Å². The van der Waals surface area contributed by atoms with Crippen LogP contribution in [0.4, 0.5) is 4.79 Å². The number of ether oxygens (including phenoxy) is 2. The predicted octanol–water partition coefficient (Wildman–Crippen LogP) is 1.81. The highest BCUT2D eigenvalue weighted by Crippen LogP contribution is 2.28. The Morgan fingerprint density at radius 3 is 2.38 bits per heavy atom. The number of rotatable bonds is 6. The van der Waals surface area contributed by atoms with E-state index in [0.717, 1.165) is 5.56 Å². The van der Waals surface area contributed by atoms with Crippen molar-refractivity contribution >= 4 is 18.0 Å². The van der Waals surface area contributed by atoms with Gasteiger partial charge in [-0.05, 0) is 19.4 Å². The number of carbonyl (C=O) groups excluding carboxylic acids is 3. The van der Waals surface area contributed by atoms with Crippen LogP contribution in [0.1, 0.15) is 31.9 Å². The van der Waals surface area contributed by atoms with Crippen molar-refractivity contribution < 1.29 is 23.9 Å². The first-order valence-electron chi connectivity index (χ1n) is 7.75. The molecular weight excluding hydrogens is 312 g/mol. The molecule has 1 aromatic carbocycles. The standard InChI is InChI=1S/C17H20N2O5/c1-3-23-13(20)10-12-14(16(21)24-4-2)15(19-17(22)18-12)11-8-6-5-7-9-11/h5-9,15H,3-4,10H2,1-2H3,(H2,18,19,22)/t15-/m0/s1. The predicted molar refractivity (Wildman–Crippen MR) is 85.8 cm³/mol. The van der Waals surface area contributed by atoms with Gasteiger partial charge in [0.05, 0.1) is 31.2 Å². The van der Waals surface area contributed by atoms with Crippen LogP contribution in [0.3, 0.4) is 0 Å². The Kier molecular flexibility index (Phi) is 5.95. The lowest BCUT2D eigenvalue weighted by Crippen LogP contribution is -2.46. The molecule has 1 atom stereocenters. The van der Waals surface area contributed by atoms with E-state index in [-0.39, 0.29) is 30.9 Å². The van der Waals surface area contributed by atoms with Gasteiger partial charge in [0.25, 0.3) is 0 Å². The van der Waals surface area contributed by atoms with Crippen molar-refractivity contribution in [3.8, 4) is 0 Å². The molecule has 1 aliphatic heterocycles. The minimum Gasteiger partial charge on any atom is -0.466 e.